The van der Waals surface area contributed by atoms with Crippen molar-refractivity contribution >= 4 is 36.2 Å². The van der Waals surface area contributed by atoms with Gasteiger partial charge in [-0.1, -0.05) is 23.4 Å². The maximum Gasteiger partial charge on any atom is 0.325 e. The molecule has 1 atom stereocenters. The first kappa shape index (κ1) is 23.0. The predicted octanol–water partition coefficient (Wildman–Crippen LogP) is 3.31. The van der Waals surface area contributed by atoms with Crippen LogP contribution in [0.2, 0.25) is 5.15 Å². The number of nitrogens with two attached hydrogens (primary N) is 1. The minimum atomic E-state index is -3.52. The average Bonchev–Trinajstić information content (AvgIpc) is 3.01. The van der Waals surface area contributed by atoms with E-state index in [2.05, 4.69) is 26.8 Å². The van der Waals surface area contributed by atoms with E-state index in [-0.39, 0.29) is 24.1 Å². The van der Waals surface area contributed by atoms with Gasteiger partial charge in [-0.15, -0.1) is 0 Å². The molecule has 0 bridgehead atoms. The lowest BCUT2D eigenvalue weighted by atomic mass is 10.1. The topological polar surface area (TPSA) is 125 Å². The molecule has 0 amide bonds. The molecule has 0 fully saturated rings. The quantitative estimate of drug-likeness (QED) is 0.247. The van der Waals surface area contributed by atoms with Crippen LogP contribution in [0.5, 0.6) is 5.75 Å². The monoisotopic (exact) mass is 463 g/mol. The normalized spacial score (nSPS) is 13.0. The first-order valence-corrected chi connectivity index (χ1v) is 11.8. The van der Waals surface area contributed by atoms with Crippen LogP contribution in [-0.4, -0.2) is 44.8 Å². The van der Waals surface area contributed by atoms with Crippen molar-refractivity contribution in [3.63, 3.8) is 0 Å². The van der Waals surface area contributed by atoms with E-state index in [0.717, 1.165) is 29.2 Å². The lowest BCUT2D eigenvalue weighted by molar-refractivity contribution is 0.271. The number of aryl methyl sites for hydroxylation is 1. The molecule has 11 heteroatoms. The van der Waals surface area contributed by atoms with Crippen molar-refractivity contribution in [2.24, 2.45) is 0 Å². The van der Waals surface area contributed by atoms with Crippen molar-refractivity contribution in [3.8, 4) is 17.6 Å². The molecule has 0 aliphatic rings. The van der Waals surface area contributed by atoms with Crippen LogP contribution in [0.4, 0.5) is 5.95 Å². The van der Waals surface area contributed by atoms with Gasteiger partial charge in [0.2, 0.25) is 5.95 Å². The molecule has 3 rings (SSSR count). The zero-order valence-corrected chi connectivity index (χ0v) is 19.3. The van der Waals surface area contributed by atoms with Crippen LogP contribution in [0.25, 0.3) is 11.0 Å². The molecule has 3 N–H and O–H groups in total. The second kappa shape index (κ2) is 9.25. The van der Waals surface area contributed by atoms with Crippen LogP contribution in [-0.2, 0) is 15.6 Å². The van der Waals surface area contributed by atoms with Crippen molar-refractivity contribution in [1.29, 1.82) is 0 Å². The minimum absolute atomic E-state index is 0.0410. The molecular formula is C20H23ClN5O4P. The highest BCUT2D eigenvalue weighted by Gasteiger charge is 2.17. The molecule has 1 unspecified atom stereocenters. The fourth-order valence-corrected chi connectivity index (χ4v) is 3.89. The molecule has 0 spiro atoms. The predicted molar refractivity (Wildman–Crippen MR) is 120 cm³/mol. The van der Waals surface area contributed by atoms with Crippen LogP contribution >= 0.6 is 19.2 Å². The molecule has 0 saturated carbocycles. The van der Waals surface area contributed by atoms with Crippen LogP contribution in [0, 0.1) is 25.7 Å². The van der Waals surface area contributed by atoms with E-state index in [1.165, 1.54) is 0 Å². The third-order valence-corrected chi connectivity index (χ3v) is 5.48. The van der Waals surface area contributed by atoms with E-state index in [0.29, 0.717) is 23.1 Å². The molecule has 0 radical (unpaired) electrons. The molecule has 0 saturated heterocycles. The number of nitrogens with zero attached hydrogens (tertiary/aromatic N) is 4. The number of pyridine rings is 1. The van der Waals surface area contributed by atoms with E-state index >= 15 is 0 Å². The van der Waals surface area contributed by atoms with E-state index < -0.39 is 7.60 Å². The number of hydrogen-bond acceptors (Lipinski definition) is 7. The number of fused-ring (bicyclic) bond motifs is 1. The number of nitrogen functional groups attached to an aromatic ring is 1. The summed E-state index contributed by atoms with van der Waals surface area (Å²) in [5.74, 6) is 6.77. The van der Waals surface area contributed by atoms with E-state index in [4.69, 9.17) is 26.6 Å². The number of aromatic nitrogens is 4. The van der Waals surface area contributed by atoms with Crippen LogP contribution in [0.1, 0.15) is 28.8 Å². The Morgan fingerprint density at radius 1 is 1.35 bits per heavy atom. The van der Waals surface area contributed by atoms with Gasteiger partial charge < -0.3 is 24.5 Å². The summed E-state index contributed by atoms with van der Waals surface area (Å²) in [5, 5.41) is 0.769. The molecule has 3 aromatic heterocycles. The molecule has 0 aliphatic carbocycles. The molecule has 3 aromatic rings. The van der Waals surface area contributed by atoms with Gasteiger partial charge in [-0.25, -0.2) is 4.98 Å². The smallest absolute Gasteiger partial charge is 0.325 e. The van der Waals surface area contributed by atoms with E-state index in [9.17, 15) is 9.46 Å². The Balaban J connectivity index is 1.99. The molecular weight excluding hydrogens is 441 g/mol. The molecule has 164 valence electrons. The Morgan fingerprint density at radius 2 is 2.10 bits per heavy atom. The average molecular weight is 464 g/mol. The van der Waals surface area contributed by atoms with Gasteiger partial charge >= 0.3 is 7.60 Å². The number of methoxy groups -OCH3 is 1. The fourth-order valence-electron chi connectivity index (χ4n) is 3.19. The largest absolute Gasteiger partial charge is 0.496 e. The third kappa shape index (κ3) is 5.35. The second-order valence-electron chi connectivity index (χ2n) is 6.98. The highest BCUT2D eigenvalue weighted by molar-refractivity contribution is 7.51. The lowest BCUT2D eigenvalue weighted by Crippen LogP contribution is -2.07. The Labute approximate surface area is 185 Å². The van der Waals surface area contributed by atoms with E-state index in [1.807, 2.05) is 24.6 Å². The van der Waals surface area contributed by atoms with Gasteiger partial charge in [-0.3, -0.25) is 9.55 Å². The lowest BCUT2D eigenvalue weighted by Gasteiger charge is -2.13. The molecule has 9 nitrogen and oxygen atoms in total. The first-order chi connectivity index (χ1) is 14.6. The van der Waals surface area contributed by atoms with Crippen LogP contribution in [0.15, 0.2) is 12.4 Å². The van der Waals surface area contributed by atoms with Crippen molar-refractivity contribution in [1.82, 2.24) is 19.5 Å². The summed E-state index contributed by atoms with van der Waals surface area (Å²) in [6.07, 6.45) is 3.84. The number of halogens is 1. The zero-order chi connectivity index (χ0) is 22.8. The molecule has 0 aromatic carbocycles. The van der Waals surface area contributed by atoms with Gasteiger partial charge in [0.15, 0.2) is 0 Å². The summed E-state index contributed by atoms with van der Waals surface area (Å²) < 4.78 is 23.4. The van der Waals surface area contributed by atoms with Gasteiger partial charge in [0.1, 0.15) is 16.5 Å². The number of rotatable bonds is 6. The molecule has 3 heterocycles. The van der Waals surface area contributed by atoms with Gasteiger partial charge in [0, 0.05) is 36.6 Å². The number of hydrogen-bond donors (Lipinski definition) is 2. The summed E-state index contributed by atoms with van der Waals surface area (Å²) in [6, 6.07) is 0. The highest BCUT2D eigenvalue weighted by Crippen LogP contribution is 2.36. The Morgan fingerprint density at radius 3 is 2.77 bits per heavy atom. The van der Waals surface area contributed by atoms with Gasteiger partial charge in [-0.2, -0.15) is 4.98 Å². The SMILES string of the molecule is COc1c(C)cnc(Cn2cc(C#CCCOP(C)(=O)O)c3c(Cl)nc(N)nc32)c1C. The first-order valence-electron chi connectivity index (χ1n) is 9.35. The summed E-state index contributed by atoms with van der Waals surface area (Å²) in [4.78, 5) is 22.1. The number of anilines is 1. The summed E-state index contributed by atoms with van der Waals surface area (Å²) >= 11 is 6.34. The Kier molecular flexibility index (Phi) is 6.87. The van der Waals surface area contributed by atoms with E-state index in [1.54, 1.807) is 13.3 Å². The standard InChI is InChI=1S/C20H23ClN5O4P/c1-12-9-23-15(13(2)17(12)29-3)11-26-10-14(7-5-6-8-30-31(4,27)28)16-18(21)24-20(22)25-19(16)26/h9-10H,6,8,11H2,1-4H3,(H,27,28)(H2,22,24,25). The maximum atomic E-state index is 11.2. The minimum Gasteiger partial charge on any atom is -0.496 e. The van der Waals surface area contributed by atoms with Crippen molar-refractivity contribution in [3.05, 3.63) is 39.9 Å². The Bertz CT molecular complexity index is 1240. The van der Waals surface area contributed by atoms with Crippen LogP contribution < -0.4 is 10.5 Å². The highest BCUT2D eigenvalue weighted by atomic mass is 35.5. The molecule has 0 aliphatic heterocycles. The van der Waals surface area contributed by atoms with Crippen molar-refractivity contribution in [2.45, 2.75) is 26.8 Å². The Hall–Kier alpha value is -2.63. The second-order valence-corrected chi connectivity index (χ2v) is 9.20. The fraction of sp³-hybridized carbons (Fsp3) is 0.350. The van der Waals surface area contributed by atoms with Crippen molar-refractivity contribution in [2.75, 3.05) is 26.1 Å². The number of ether oxygens (including phenoxy) is 1. The van der Waals surface area contributed by atoms with Gasteiger partial charge in [0.25, 0.3) is 0 Å². The zero-order valence-electron chi connectivity index (χ0n) is 17.6. The van der Waals surface area contributed by atoms with Gasteiger partial charge in [0.05, 0.1) is 36.9 Å². The third-order valence-electron chi connectivity index (χ3n) is 4.54. The maximum absolute atomic E-state index is 11.2. The van der Waals surface area contributed by atoms with Crippen molar-refractivity contribution < 1.29 is 18.7 Å². The summed E-state index contributed by atoms with van der Waals surface area (Å²) in [7, 11) is -1.90. The summed E-state index contributed by atoms with van der Waals surface area (Å²) in [6.45, 7) is 5.46. The van der Waals surface area contributed by atoms with Crippen LogP contribution in [0.3, 0.4) is 0 Å². The molecule has 31 heavy (non-hydrogen) atoms. The summed E-state index contributed by atoms with van der Waals surface area (Å²) in [5.41, 5.74) is 9.64. The van der Waals surface area contributed by atoms with Gasteiger partial charge in [-0.05, 0) is 13.8 Å².